The Balaban J connectivity index is 1.68. The van der Waals surface area contributed by atoms with Gasteiger partial charge in [0.15, 0.2) is 0 Å². The molecule has 0 spiro atoms. The molecule has 0 saturated carbocycles. The predicted molar refractivity (Wildman–Crippen MR) is 103 cm³/mol. The van der Waals surface area contributed by atoms with Crippen LogP contribution in [0.5, 0.6) is 0 Å². The molecule has 1 amide bonds. The predicted octanol–water partition coefficient (Wildman–Crippen LogP) is 2.91. The molecular weight excluding hydrogens is 348 g/mol. The molecule has 2 aromatic rings. The zero-order valence-corrected chi connectivity index (χ0v) is 16.0. The Bertz CT molecular complexity index is 905. The molecule has 0 aromatic heterocycles. The number of fused-ring (bicyclic) bond motifs is 1. The van der Waals surface area contributed by atoms with Crippen molar-refractivity contribution in [3.8, 4) is 0 Å². The van der Waals surface area contributed by atoms with Crippen LogP contribution in [0.3, 0.4) is 0 Å². The third-order valence-electron chi connectivity index (χ3n) is 4.63. The molecule has 5 nitrogen and oxygen atoms in total. The van der Waals surface area contributed by atoms with E-state index in [0.717, 1.165) is 27.9 Å². The molecule has 2 aromatic carbocycles. The maximum Gasteiger partial charge on any atom is 0.227 e. The summed E-state index contributed by atoms with van der Waals surface area (Å²) in [4.78, 5) is 13.7. The number of nitrogens with zero attached hydrogens (tertiary/aromatic N) is 1. The van der Waals surface area contributed by atoms with Crippen LogP contribution in [0.25, 0.3) is 0 Å². The van der Waals surface area contributed by atoms with Crippen molar-refractivity contribution in [1.29, 1.82) is 0 Å². The first-order valence-electron chi connectivity index (χ1n) is 8.83. The molecule has 1 aliphatic heterocycles. The molecule has 26 heavy (non-hydrogen) atoms. The minimum absolute atomic E-state index is 0.0314. The van der Waals surface area contributed by atoms with Crippen LogP contribution in [-0.4, -0.2) is 20.9 Å². The third-order valence-corrected chi connectivity index (χ3v) is 5.93. The van der Waals surface area contributed by atoms with E-state index in [4.69, 9.17) is 0 Å². The van der Waals surface area contributed by atoms with Crippen LogP contribution < -0.4 is 9.62 Å². The van der Waals surface area contributed by atoms with Crippen molar-refractivity contribution in [3.05, 3.63) is 64.7 Å². The van der Waals surface area contributed by atoms with Crippen LogP contribution >= 0.6 is 0 Å². The molecule has 0 atom stereocenters. The quantitative estimate of drug-likeness (QED) is 0.848. The Labute approximate surface area is 155 Å². The van der Waals surface area contributed by atoms with Crippen molar-refractivity contribution in [2.24, 2.45) is 0 Å². The second kappa shape index (κ2) is 7.60. The van der Waals surface area contributed by atoms with Gasteiger partial charge in [-0.3, -0.25) is 4.79 Å². The molecule has 0 saturated heterocycles. The van der Waals surface area contributed by atoms with Crippen molar-refractivity contribution >= 4 is 21.6 Å². The Morgan fingerprint density at radius 2 is 1.73 bits per heavy atom. The van der Waals surface area contributed by atoms with Gasteiger partial charge < -0.3 is 4.90 Å². The summed E-state index contributed by atoms with van der Waals surface area (Å²) in [6, 6.07) is 13.3. The van der Waals surface area contributed by atoms with E-state index in [2.05, 4.69) is 4.72 Å². The van der Waals surface area contributed by atoms with E-state index < -0.39 is 10.0 Å². The second-order valence-corrected chi connectivity index (χ2v) is 8.47. The van der Waals surface area contributed by atoms with E-state index in [9.17, 15) is 13.2 Å². The van der Waals surface area contributed by atoms with Crippen LogP contribution in [0.15, 0.2) is 42.5 Å². The van der Waals surface area contributed by atoms with Gasteiger partial charge in [0.1, 0.15) is 0 Å². The first-order valence-corrected chi connectivity index (χ1v) is 10.5. The molecular formula is C20H24N2O3S. The number of sulfonamides is 1. The molecule has 0 unspecified atom stereocenters. The van der Waals surface area contributed by atoms with E-state index >= 15 is 0 Å². The van der Waals surface area contributed by atoms with Gasteiger partial charge in [0, 0.05) is 25.2 Å². The summed E-state index contributed by atoms with van der Waals surface area (Å²) in [5.74, 6) is 0.114. The molecule has 3 rings (SSSR count). The van der Waals surface area contributed by atoms with Crippen molar-refractivity contribution in [2.45, 2.75) is 39.0 Å². The Hall–Kier alpha value is -2.18. The number of hydrogen-bond acceptors (Lipinski definition) is 3. The van der Waals surface area contributed by atoms with Crippen molar-refractivity contribution < 1.29 is 13.2 Å². The second-order valence-electron chi connectivity index (χ2n) is 6.67. The molecule has 138 valence electrons. The van der Waals surface area contributed by atoms with Gasteiger partial charge in [-0.15, -0.1) is 0 Å². The molecule has 0 bridgehead atoms. The highest BCUT2D eigenvalue weighted by Crippen LogP contribution is 2.28. The van der Waals surface area contributed by atoms with Crippen LogP contribution in [-0.2, 0) is 33.5 Å². The zero-order chi connectivity index (χ0) is 18.7. The maximum absolute atomic E-state index is 12.3. The van der Waals surface area contributed by atoms with Crippen LogP contribution in [0.4, 0.5) is 5.69 Å². The molecule has 1 heterocycles. The minimum Gasteiger partial charge on any atom is -0.312 e. The first-order chi connectivity index (χ1) is 12.4. The summed E-state index contributed by atoms with van der Waals surface area (Å²) < 4.78 is 27.3. The molecule has 1 N–H and O–H groups in total. The monoisotopic (exact) mass is 372 g/mol. The Kier molecular flexibility index (Phi) is 5.44. The normalized spacial score (nSPS) is 14.4. The van der Waals surface area contributed by atoms with Crippen LogP contribution in [0, 0.1) is 6.92 Å². The summed E-state index contributed by atoms with van der Waals surface area (Å²) >= 11 is 0. The molecule has 0 aliphatic carbocycles. The fourth-order valence-corrected chi connectivity index (χ4v) is 4.34. The van der Waals surface area contributed by atoms with Gasteiger partial charge in [0.05, 0.1) is 5.75 Å². The van der Waals surface area contributed by atoms with Crippen molar-refractivity contribution in [3.63, 3.8) is 0 Å². The Morgan fingerprint density at radius 3 is 2.42 bits per heavy atom. The van der Waals surface area contributed by atoms with E-state index in [0.29, 0.717) is 19.4 Å². The summed E-state index contributed by atoms with van der Waals surface area (Å²) in [7, 11) is -3.41. The average Bonchev–Trinajstić information content (AvgIpc) is 2.62. The average molecular weight is 372 g/mol. The first kappa shape index (κ1) is 18.6. The number of aryl methyl sites for hydroxylation is 2. The fraction of sp³-hybridized carbons (Fsp3) is 0.350. The fourth-order valence-electron chi connectivity index (χ4n) is 3.22. The van der Waals surface area contributed by atoms with E-state index in [1.54, 1.807) is 4.90 Å². The van der Waals surface area contributed by atoms with Gasteiger partial charge in [-0.05, 0) is 43.0 Å². The summed E-state index contributed by atoms with van der Waals surface area (Å²) in [5, 5.41) is 0. The van der Waals surface area contributed by atoms with Crippen molar-refractivity contribution in [2.75, 3.05) is 11.4 Å². The number of carbonyl (C=O) groups is 1. The zero-order valence-electron chi connectivity index (χ0n) is 15.2. The van der Waals surface area contributed by atoms with Crippen LogP contribution in [0.2, 0.25) is 0 Å². The van der Waals surface area contributed by atoms with Crippen LogP contribution in [0.1, 0.15) is 35.6 Å². The van der Waals surface area contributed by atoms with E-state index in [1.165, 1.54) is 0 Å². The number of amides is 1. The van der Waals surface area contributed by atoms with Crippen molar-refractivity contribution in [1.82, 2.24) is 4.72 Å². The topological polar surface area (TPSA) is 66.5 Å². The molecule has 6 heteroatoms. The lowest BCUT2D eigenvalue weighted by molar-refractivity contribution is -0.118. The highest BCUT2D eigenvalue weighted by Gasteiger charge is 2.22. The summed E-state index contributed by atoms with van der Waals surface area (Å²) in [6.45, 7) is 4.83. The number of rotatable bonds is 6. The lowest BCUT2D eigenvalue weighted by atomic mass is 9.99. The summed E-state index contributed by atoms with van der Waals surface area (Å²) in [6.07, 6.45) is 1.21. The Morgan fingerprint density at radius 1 is 1.04 bits per heavy atom. The SMILES string of the molecule is CCN1C(=O)CCc2cc(CNS(=O)(=O)Cc3ccc(C)cc3)ccc21. The maximum atomic E-state index is 12.3. The standard InChI is InChI=1S/C20H24N2O3S/c1-3-22-19-10-8-17(12-18(19)9-11-20(22)23)13-21-26(24,25)14-16-6-4-15(2)5-7-16/h4-8,10,12,21H,3,9,11,13-14H2,1-2H3. The smallest absolute Gasteiger partial charge is 0.227 e. The molecule has 1 aliphatic rings. The van der Waals surface area contributed by atoms with Gasteiger partial charge in [-0.1, -0.05) is 42.0 Å². The number of nitrogens with one attached hydrogen (secondary N) is 1. The van der Waals surface area contributed by atoms with Gasteiger partial charge in [0.25, 0.3) is 0 Å². The van der Waals surface area contributed by atoms with E-state index in [1.807, 2.05) is 56.3 Å². The lowest BCUT2D eigenvalue weighted by Gasteiger charge is -2.28. The van der Waals surface area contributed by atoms with Gasteiger partial charge in [-0.2, -0.15) is 0 Å². The highest BCUT2D eigenvalue weighted by atomic mass is 32.2. The van der Waals surface area contributed by atoms with Gasteiger partial charge in [0.2, 0.25) is 15.9 Å². The third kappa shape index (κ3) is 4.31. The minimum atomic E-state index is -3.41. The number of benzene rings is 2. The molecule has 0 fully saturated rings. The molecule has 0 radical (unpaired) electrons. The number of anilines is 1. The van der Waals surface area contributed by atoms with Gasteiger partial charge in [-0.25, -0.2) is 13.1 Å². The summed E-state index contributed by atoms with van der Waals surface area (Å²) in [5.41, 5.74) is 4.82. The van der Waals surface area contributed by atoms with Gasteiger partial charge >= 0.3 is 0 Å². The van der Waals surface area contributed by atoms with E-state index in [-0.39, 0.29) is 18.2 Å². The lowest BCUT2D eigenvalue weighted by Crippen LogP contribution is -2.34. The highest BCUT2D eigenvalue weighted by molar-refractivity contribution is 7.88. The number of hydrogen-bond donors (Lipinski definition) is 1. The number of carbonyl (C=O) groups excluding carboxylic acids is 1. The largest absolute Gasteiger partial charge is 0.312 e.